The van der Waals surface area contributed by atoms with Crippen LogP contribution in [0.3, 0.4) is 0 Å². The van der Waals surface area contributed by atoms with E-state index in [4.69, 9.17) is 0 Å². The molecule has 0 unspecified atom stereocenters. The van der Waals surface area contributed by atoms with Crippen LogP contribution in [-0.2, 0) is 16.6 Å². The molecule has 134 valence electrons. The molecule has 2 amide bonds. The number of rotatable bonds is 6. The van der Waals surface area contributed by atoms with Gasteiger partial charge in [0.25, 0.3) is 10.0 Å². The second kappa shape index (κ2) is 7.98. The van der Waals surface area contributed by atoms with Crippen molar-refractivity contribution in [2.75, 3.05) is 10.0 Å². The van der Waals surface area contributed by atoms with E-state index in [0.29, 0.717) is 17.9 Å². The average Bonchev–Trinajstić information content (AvgIpc) is 3.18. The van der Waals surface area contributed by atoms with E-state index < -0.39 is 10.0 Å². The number of hydrogen-bond donors (Lipinski definition) is 3. The van der Waals surface area contributed by atoms with Gasteiger partial charge in [-0.25, -0.2) is 13.2 Å². The maximum atomic E-state index is 12.2. The molecule has 3 aromatic rings. The number of hydrogen-bond acceptors (Lipinski definition) is 5. The minimum Gasteiger partial charge on any atom is -0.334 e. The van der Waals surface area contributed by atoms with Crippen molar-refractivity contribution in [3.63, 3.8) is 0 Å². The van der Waals surface area contributed by atoms with Crippen LogP contribution < -0.4 is 15.4 Å². The maximum Gasteiger partial charge on any atom is 0.319 e. The Morgan fingerprint density at radius 3 is 2.50 bits per heavy atom. The molecule has 0 spiro atoms. The summed E-state index contributed by atoms with van der Waals surface area (Å²) in [6.07, 6.45) is 3.34. The molecule has 7 nitrogen and oxygen atoms in total. The summed E-state index contributed by atoms with van der Waals surface area (Å²) in [5.74, 6) is 0. The second-order valence-corrected chi connectivity index (χ2v) is 7.77. The van der Waals surface area contributed by atoms with E-state index in [1.165, 1.54) is 17.4 Å². The maximum absolute atomic E-state index is 12.2. The Morgan fingerprint density at radius 2 is 1.85 bits per heavy atom. The molecule has 1 aromatic carbocycles. The van der Waals surface area contributed by atoms with E-state index >= 15 is 0 Å². The summed E-state index contributed by atoms with van der Waals surface area (Å²) in [5, 5.41) is 8.66. The zero-order valence-electron chi connectivity index (χ0n) is 13.5. The van der Waals surface area contributed by atoms with Gasteiger partial charge in [0.2, 0.25) is 0 Å². The summed E-state index contributed by atoms with van der Waals surface area (Å²) in [7, 11) is -3.59. The molecule has 0 aliphatic carbocycles. The second-order valence-electron chi connectivity index (χ2n) is 5.31. The Balaban J connectivity index is 1.55. The molecule has 0 atom stereocenters. The Morgan fingerprint density at radius 1 is 1.08 bits per heavy atom. The topological polar surface area (TPSA) is 100 Å². The number of carbonyl (C=O) groups is 1. The van der Waals surface area contributed by atoms with Crippen LogP contribution in [0.25, 0.3) is 0 Å². The molecule has 2 heterocycles. The number of benzene rings is 1. The molecular weight excluding hydrogens is 372 g/mol. The third-order valence-corrected chi connectivity index (χ3v) is 5.59. The van der Waals surface area contributed by atoms with Crippen molar-refractivity contribution in [1.29, 1.82) is 0 Å². The van der Waals surface area contributed by atoms with Crippen molar-refractivity contribution in [3.8, 4) is 0 Å². The van der Waals surface area contributed by atoms with Gasteiger partial charge in [-0.2, -0.15) is 11.3 Å². The van der Waals surface area contributed by atoms with Gasteiger partial charge in [-0.1, -0.05) is 6.07 Å². The zero-order chi connectivity index (χ0) is 18.4. The predicted molar refractivity (Wildman–Crippen MR) is 102 cm³/mol. The molecule has 0 fully saturated rings. The van der Waals surface area contributed by atoms with E-state index in [9.17, 15) is 13.2 Å². The van der Waals surface area contributed by atoms with Gasteiger partial charge in [0.15, 0.2) is 0 Å². The molecule has 3 rings (SSSR count). The van der Waals surface area contributed by atoms with Crippen molar-refractivity contribution in [1.82, 2.24) is 10.3 Å². The molecule has 0 saturated carbocycles. The van der Waals surface area contributed by atoms with E-state index in [0.717, 1.165) is 5.56 Å². The van der Waals surface area contributed by atoms with Crippen molar-refractivity contribution < 1.29 is 13.2 Å². The monoisotopic (exact) mass is 388 g/mol. The van der Waals surface area contributed by atoms with Crippen molar-refractivity contribution in [2.45, 2.75) is 11.4 Å². The highest BCUT2D eigenvalue weighted by Gasteiger charge is 2.14. The number of pyridine rings is 1. The molecule has 0 bridgehead atoms. The number of sulfonamides is 1. The van der Waals surface area contributed by atoms with Crippen LogP contribution in [0.1, 0.15) is 5.56 Å². The average molecular weight is 388 g/mol. The number of nitrogens with one attached hydrogen (secondary N) is 3. The fourth-order valence-corrected chi connectivity index (χ4v) is 4.19. The lowest BCUT2D eigenvalue weighted by atomic mass is 10.3. The van der Waals surface area contributed by atoms with Gasteiger partial charge in [-0.15, -0.1) is 0 Å². The zero-order valence-corrected chi connectivity index (χ0v) is 15.2. The highest BCUT2D eigenvalue weighted by molar-refractivity contribution is 7.92. The standard InChI is InChI=1S/C17H16N4O3S2/c22-17(19-11-13-2-1-8-18-10-13)20-14-3-5-15(6-4-14)21-26(23,24)16-7-9-25-12-16/h1-10,12,21H,11H2,(H2,19,20,22). The predicted octanol–water partition coefficient (Wildman–Crippen LogP) is 3.27. The van der Waals surface area contributed by atoms with Gasteiger partial charge in [0.05, 0.1) is 4.90 Å². The lowest BCUT2D eigenvalue weighted by Gasteiger charge is -2.09. The number of amides is 2. The number of anilines is 2. The van der Waals surface area contributed by atoms with Crippen LogP contribution >= 0.6 is 11.3 Å². The Hall–Kier alpha value is -2.91. The van der Waals surface area contributed by atoms with Crippen LogP contribution in [-0.4, -0.2) is 19.4 Å². The molecule has 2 aromatic heterocycles. The van der Waals surface area contributed by atoms with Crippen molar-refractivity contribution >= 4 is 38.8 Å². The van der Waals surface area contributed by atoms with E-state index in [2.05, 4.69) is 20.3 Å². The molecule has 9 heteroatoms. The minimum absolute atomic E-state index is 0.222. The first kappa shape index (κ1) is 17.9. The van der Waals surface area contributed by atoms with Crippen molar-refractivity contribution in [2.24, 2.45) is 0 Å². The first-order valence-corrected chi connectivity index (χ1v) is 10.0. The summed E-state index contributed by atoms with van der Waals surface area (Å²) < 4.78 is 26.8. The number of carbonyl (C=O) groups excluding carboxylic acids is 1. The SMILES string of the molecule is O=C(NCc1cccnc1)Nc1ccc(NS(=O)(=O)c2ccsc2)cc1. The molecular formula is C17H16N4O3S2. The van der Waals surface area contributed by atoms with Gasteiger partial charge < -0.3 is 10.6 Å². The lowest BCUT2D eigenvalue weighted by Crippen LogP contribution is -2.28. The van der Waals surface area contributed by atoms with E-state index in [-0.39, 0.29) is 10.9 Å². The summed E-state index contributed by atoms with van der Waals surface area (Å²) in [5.41, 5.74) is 1.85. The fourth-order valence-electron chi connectivity index (χ4n) is 2.10. The number of nitrogens with zero attached hydrogens (tertiary/aromatic N) is 1. The largest absolute Gasteiger partial charge is 0.334 e. The first-order chi connectivity index (χ1) is 12.5. The van der Waals surface area contributed by atoms with Gasteiger partial charge in [0, 0.05) is 35.7 Å². The van der Waals surface area contributed by atoms with Crippen LogP contribution in [0.4, 0.5) is 16.2 Å². The number of thiophene rings is 1. The molecule has 3 N–H and O–H groups in total. The molecule has 0 aliphatic rings. The van der Waals surface area contributed by atoms with Crippen LogP contribution in [0.2, 0.25) is 0 Å². The smallest absolute Gasteiger partial charge is 0.319 e. The highest BCUT2D eigenvalue weighted by atomic mass is 32.2. The Kier molecular flexibility index (Phi) is 5.49. The van der Waals surface area contributed by atoms with Crippen LogP contribution in [0.15, 0.2) is 70.5 Å². The molecule has 26 heavy (non-hydrogen) atoms. The van der Waals surface area contributed by atoms with Crippen molar-refractivity contribution in [3.05, 3.63) is 71.2 Å². The van der Waals surface area contributed by atoms with Gasteiger partial charge in [-0.05, 0) is 47.3 Å². The summed E-state index contributed by atoms with van der Waals surface area (Å²) in [4.78, 5) is 16.1. The van der Waals surface area contributed by atoms with Gasteiger partial charge in [0.1, 0.15) is 0 Å². The minimum atomic E-state index is -3.59. The highest BCUT2D eigenvalue weighted by Crippen LogP contribution is 2.19. The quantitative estimate of drug-likeness (QED) is 0.603. The van der Waals surface area contributed by atoms with E-state index in [1.807, 2.05) is 6.07 Å². The molecule has 0 radical (unpaired) electrons. The normalized spacial score (nSPS) is 10.9. The lowest BCUT2D eigenvalue weighted by molar-refractivity contribution is 0.251. The summed E-state index contributed by atoms with van der Waals surface area (Å²) in [6, 6.07) is 11.2. The summed E-state index contributed by atoms with van der Waals surface area (Å²) in [6.45, 7) is 0.359. The van der Waals surface area contributed by atoms with Gasteiger partial charge >= 0.3 is 6.03 Å². The Bertz CT molecular complexity index is 957. The van der Waals surface area contributed by atoms with E-state index in [1.54, 1.807) is 53.5 Å². The number of urea groups is 1. The Labute approximate surface area is 155 Å². The van der Waals surface area contributed by atoms with Crippen LogP contribution in [0, 0.1) is 0 Å². The third kappa shape index (κ3) is 4.80. The number of aromatic nitrogens is 1. The summed E-state index contributed by atoms with van der Waals surface area (Å²) >= 11 is 1.31. The van der Waals surface area contributed by atoms with Crippen LogP contribution in [0.5, 0.6) is 0 Å². The molecule has 0 saturated heterocycles. The first-order valence-electron chi connectivity index (χ1n) is 7.62. The fraction of sp³-hybridized carbons (Fsp3) is 0.0588. The molecule has 0 aliphatic heterocycles. The third-order valence-electron chi connectivity index (χ3n) is 3.38. The van der Waals surface area contributed by atoms with Gasteiger partial charge in [-0.3, -0.25) is 9.71 Å².